The van der Waals surface area contributed by atoms with Gasteiger partial charge in [-0.3, -0.25) is 14.9 Å². The Morgan fingerprint density at radius 3 is 2.67 bits per heavy atom. The monoisotopic (exact) mass is 335 g/mol. The fourth-order valence-electron chi connectivity index (χ4n) is 3.26. The number of aliphatic hydroxyl groups excluding tert-OH is 1. The lowest BCUT2D eigenvalue weighted by Gasteiger charge is -2.36. The Morgan fingerprint density at radius 2 is 2.08 bits per heavy atom. The second-order valence-corrected chi connectivity index (χ2v) is 6.31. The van der Waals surface area contributed by atoms with E-state index in [-0.39, 0.29) is 23.8 Å². The Hall–Kier alpha value is -1.99. The van der Waals surface area contributed by atoms with Crippen molar-refractivity contribution in [3.8, 4) is 0 Å². The van der Waals surface area contributed by atoms with E-state index in [0.717, 1.165) is 25.8 Å². The molecule has 1 aliphatic rings. The summed E-state index contributed by atoms with van der Waals surface area (Å²) >= 11 is 0. The zero-order valence-electron chi connectivity index (χ0n) is 14.3. The molecule has 7 nitrogen and oxygen atoms in total. The first-order valence-electron chi connectivity index (χ1n) is 8.30. The third kappa shape index (κ3) is 4.10. The van der Waals surface area contributed by atoms with E-state index in [4.69, 9.17) is 5.11 Å². The molecule has 0 saturated carbocycles. The summed E-state index contributed by atoms with van der Waals surface area (Å²) in [6.45, 7) is 3.85. The van der Waals surface area contributed by atoms with Crippen LogP contribution in [0.15, 0.2) is 18.2 Å². The number of rotatable bonds is 6. The zero-order valence-corrected chi connectivity index (χ0v) is 14.3. The van der Waals surface area contributed by atoms with Crippen LogP contribution < -0.4 is 0 Å². The molecule has 0 spiro atoms. The number of nitrogens with zero attached hydrogens (tertiary/aromatic N) is 3. The molecule has 0 atom stereocenters. The number of hydrogen-bond acceptors (Lipinski definition) is 5. The van der Waals surface area contributed by atoms with Crippen molar-refractivity contribution in [2.24, 2.45) is 0 Å². The summed E-state index contributed by atoms with van der Waals surface area (Å²) in [5, 5.41) is 20.2. The molecule has 1 saturated heterocycles. The number of nitro benzene ring substituents is 1. The van der Waals surface area contributed by atoms with Crippen molar-refractivity contribution in [2.45, 2.75) is 32.2 Å². The van der Waals surface area contributed by atoms with Crippen LogP contribution in [0.3, 0.4) is 0 Å². The predicted molar refractivity (Wildman–Crippen MR) is 91.1 cm³/mol. The van der Waals surface area contributed by atoms with E-state index in [1.165, 1.54) is 6.07 Å². The number of para-hydroxylation sites is 1. The summed E-state index contributed by atoms with van der Waals surface area (Å²) in [5.41, 5.74) is 0.584. The van der Waals surface area contributed by atoms with Gasteiger partial charge in [0, 0.05) is 37.8 Å². The summed E-state index contributed by atoms with van der Waals surface area (Å²) in [6.07, 6.45) is 2.42. The number of likely N-dealkylation sites (tertiary alicyclic amines) is 1. The Labute approximate surface area is 142 Å². The highest BCUT2D eigenvalue weighted by Gasteiger charge is 2.30. The topological polar surface area (TPSA) is 86.9 Å². The molecule has 0 radical (unpaired) electrons. The molecule has 1 aromatic carbocycles. The number of amides is 1. The molecule has 1 amide bonds. The lowest BCUT2D eigenvalue weighted by molar-refractivity contribution is -0.385. The molecular weight excluding hydrogens is 310 g/mol. The largest absolute Gasteiger partial charge is 0.396 e. The Kier molecular flexibility index (Phi) is 6.28. The number of aliphatic hydroxyl groups is 1. The summed E-state index contributed by atoms with van der Waals surface area (Å²) < 4.78 is 0. The highest BCUT2D eigenvalue weighted by atomic mass is 16.6. The van der Waals surface area contributed by atoms with Gasteiger partial charge in [0.25, 0.3) is 11.6 Å². The van der Waals surface area contributed by atoms with E-state index in [2.05, 4.69) is 4.90 Å². The van der Waals surface area contributed by atoms with E-state index in [1.807, 2.05) is 7.05 Å². The molecular formula is C17H25N3O4. The van der Waals surface area contributed by atoms with Gasteiger partial charge in [0.2, 0.25) is 0 Å². The Morgan fingerprint density at radius 1 is 1.42 bits per heavy atom. The number of nitro groups is 1. The Bertz CT molecular complexity index is 597. The maximum atomic E-state index is 12.7. The van der Waals surface area contributed by atoms with Gasteiger partial charge in [-0.2, -0.15) is 0 Å². The minimum Gasteiger partial charge on any atom is -0.396 e. The lowest BCUT2D eigenvalue weighted by Crippen LogP contribution is -2.46. The van der Waals surface area contributed by atoms with Gasteiger partial charge in [0.1, 0.15) is 5.56 Å². The fourth-order valence-corrected chi connectivity index (χ4v) is 3.26. The summed E-state index contributed by atoms with van der Waals surface area (Å²) in [6, 6.07) is 5.25. The number of carbonyl (C=O) groups excluding carboxylic acids is 1. The van der Waals surface area contributed by atoms with E-state index in [1.54, 1.807) is 24.0 Å². The van der Waals surface area contributed by atoms with Crippen LogP contribution in [-0.2, 0) is 0 Å². The highest BCUT2D eigenvalue weighted by Crippen LogP contribution is 2.26. The number of piperidine rings is 1. The Balaban J connectivity index is 2.04. The molecule has 1 N–H and O–H groups in total. The van der Waals surface area contributed by atoms with Gasteiger partial charge in [-0.15, -0.1) is 0 Å². The van der Waals surface area contributed by atoms with Gasteiger partial charge >= 0.3 is 0 Å². The van der Waals surface area contributed by atoms with Crippen LogP contribution in [0.5, 0.6) is 0 Å². The molecule has 0 bridgehead atoms. The van der Waals surface area contributed by atoms with Gasteiger partial charge < -0.3 is 14.9 Å². The van der Waals surface area contributed by atoms with E-state index in [9.17, 15) is 14.9 Å². The molecule has 132 valence electrons. The molecule has 1 fully saturated rings. The van der Waals surface area contributed by atoms with Crippen LogP contribution >= 0.6 is 0 Å². The average Bonchev–Trinajstić information content (AvgIpc) is 2.58. The standard InChI is InChI=1S/C17H25N3O4/c1-13-5-3-6-15(16(13)20(23)24)17(22)19-10-7-14(8-11-19)18(2)9-4-12-21/h3,5-6,14,21H,4,7-12H2,1-2H3. The van der Waals surface area contributed by atoms with E-state index in [0.29, 0.717) is 24.7 Å². The minimum absolute atomic E-state index is 0.0929. The van der Waals surface area contributed by atoms with Crippen LogP contribution in [0.2, 0.25) is 0 Å². The molecule has 0 aromatic heterocycles. The van der Waals surface area contributed by atoms with Crippen molar-refractivity contribution < 1.29 is 14.8 Å². The van der Waals surface area contributed by atoms with Crippen molar-refractivity contribution in [2.75, 3.05) is 33.3 Å². The number of aryl methyl sites for hydroxylation is 1. The molecule has 1 heterocycles. The summed E-state index contributed by atoms with van der Waals surface area (Å²) in [5.74, 6) is -0.262. The smallest absolute Gasteiger partial charge is 0.285 e. The van der Waals surface area contributed by atoms with Crippen molar-refractivity contribution in [3.63, 3.8) is 0 Å². The number of carbonyl (C=O) groups is 1. The van der Waals surface area contributed by atoms with Crippen molar-refractivity contribution in [1.82, 2.24) is 9.80 Å². The van der Waals surface area contributed by atoms with Crippen molar-refractivity contribution in [3.05, 3.63) is 39.4 Å². The van der Waals surface area contributed by atoms with Crippen molar-refractivity contribution in [1.29, 1.82) is 0 Å². The molecule has 0 aliphatic carbocycles. The molecule has 24 heavy (non-hydrogen) atoms. The first kappa shape index (κ1) is 18.4. The predicted octanol–water partition coefficient (Wildman–Crippen LogP) is 1.82. The van der Waals surface area contributed by atoms with Crippen LogP contribution in [0.1, 0.15) is 35.2 Å². The molecule has 7 heteroatoms. The molecule has 0 unspecified atom stereocenters. The highest BCUT2D eigenvalue weighted by molar-refractivity contribution is 5.98. The quantitative estimate of drug-likeness (QED) is 0.633. The van der Waals surface area contributed by atoms with Gasteiger partial charge in [-0.25, -0.2) is 0 Å². The molecule has 1 aromatic rings. The third-order valence-electron chi connectivity index (χ3n) is 4.69. The zero-order chi connectivity index (χ0) is 17.7. The normalized spacial score (nSPS) is 15.8. The van der Waals surface area contributed by atoms with Crippen LogP contribution in [0, 0.1) is 17.0 Å². The summed E-state index contributed by atoms with van der Waals surface area (Å²) in [7, 11) is 2.03. The van der Waals surface area contributed by atoms with Gasteiger partial charge in [-0.05, 0) is 39.3 Å². The SMILES string of the molecule is Cc1cccc(C(=O)N2CCC(N(C)CCCO)CC2)c1[N+](=O)[O-]. The van der Waals surface area contributed by atoms with E-state index < -0.39 is 4.92 Å². The van der Waals surface area contributed by atoms with Crippen LogP contribution in [-0.4, -0.2) is 65.1 Å². The minimum atomic E-state index is -0.474. The molecule has 1 aliphatic heterocycles. The second kappa shape index (κ2) is 8.21. The number of hydrogen-bond donors (Lipinski definition) is 1. The maximum absolute atomic E-state index is 12.7. The third-order valence-corrected chi connectivity index (χ3v) is 4.69. The fraction of sp³-hybridized carbons (Fsp3) is 0.588. The van der Waals surface area contributed by atoms with Crippen LogP contribution in [0.4, 0.5) is 5.69 Å². The molecule has 2 rings (SSSR count). The van der Waals surface area contributed by atoms with Crippen LogP contribution in [0.25, 0.3) is 0 Å². The van der Waals surface area contributed by atoms with E-state index >= 15 is 0 Å². The lowest BCUT2D eigenvalue weighted by atomic mass is 10.0. The summed E-state index contributed by atoms with van der Waals surface area (Å²) in [4.78, 5) is 27.4. The average molecular weight is 335 g/mol. The van der Waals surface area contributed by atoms with Crippen molar-refractivity contribution >= 4 is 11.6 Å². The van der Waals surface area contributed by atoms with Gasteiger partial charge in [0.15, 0.2) is 0 Å². The number of benzene rings is 1. The van der Waals surface area contributed by atoms with Gasteiger partial charge in [0.05, 0.1) is 4.92 Å². The van der Waals surface area contributed by atoms with Gasteiger partial charge in [-0.1, -0.05) is 12.1 Å². The maximum Gasteiger partial charge on any atom is 0.285 e. The first-order chi connectivity index (χ1) is 11.5. The first-order valence-corrected chi connectivity index (χ1v) is 8.30. The second-order valence-electron chi connectivity index (χ2n) is 6.31.